The van der Waals surface area contributed by atoms with E-state index in [2.05, 4.69) is 29.7 Å². The lowest BCUT2D eigenvalue weighted by atomic mass is 10.1. The van der Waals surface area contributed by atoms with Crippen molar-refractivity contribution >= 4 is 5.91 Å². The molecule has 1 aliphatic rings. The van der Waals surface area contributed by atoms with Gasteiger partial charge in [-0.3, -0.25) is 4.79 Å². The van der Waals surface area contributed by atoms with E-state index < -0.39 is 0 Å². The predicted octanol–water partition coefficient (Wildman–Crippen LogP) is 2.19. The molecule has 0 saturated heterocycles. The first-order valence-corrected chi connectivity index (χ1v) is 7.30. The average Bonchev–Trinajstić information content (AvgIpc) is 2.92. The molecule has 0 aliphatic heterocycles. The summed E-state index contributed by atoms with van der Waals surface area (Å²) < 4.78 is 0. The molecular weight excluding hydrogens is 236 g/mol. The Morgan fingerprint density at radius 3 is 2.74 bits per heavy atom. The van der Waals surface area contributed by atoms with Gasteiger partial charge in [0, 0.05) is 12.6 Å². The molecule has 1 aromatic rings. The highest BCUT2D eigenvalue weighted by Gasteiger charge is 2.14. The first-order valence-electron chi connectivity index (χ1n) is 7.30. The Morgan fingerprint density at radius 2 is 2.00 bits per heavy atom. The van der Waals surface area contributed by atoms with Crippen molar-refractivity contribution in [2.24, 2.45) is 0 Å². The fraction of sp³-hybridized carbons (Fsp3) is 0.562. The molecule has 3 heteroatoms. The predicted molar refractivity (Wildman–Crippen MR) is 78.2 cm³/mol. The summed E-state index contributed by atoms with van der Waals surface area (Å²) in [6, 6.07) is 8.88. The fourth-order valence-electron chi connectivity index (χ4n) is 2.66. The number of rotatable bonds is 6. The number of nitrogens with one attached hydrogen (secondary N) is 2. The topological polar surface area (TPSA) is 41.1 Å². The van der Waals surface area contributed by atoms with Gasteiger partial charge in [0.05, 0.1) is 6.54 Å². The minimum Gasteiger partial charge on any atom is -0.355 e. The second kappa shape index (κ2) is 7.29. The van der Waals surface area contributed by atoms with Crippen molar-refractivity contribution in [3.8, 4) is 0 Å². The van der Waals surface area contributed by atoms with E-state index in [1.54, 1.807) is 0 Å². The van der Waals surface area contributed by atoms with Crippen molar-refractivity contribution in [2.45, 2.75) is 45.1 Å². The van der Waals surface area contributed by atoms with E-state index in [1.807, 2.05) is 12.1 Å². The second-order valence-corrected chi connectivity index (χ2v) is 5.39. The maximum absolute atomic E-state index is 11.7. The summed E-state index contributed by atoms with van der Waals surface area (Å²) in [4.78, 5) is 11.7. The average molecular weight is 260 g/mol. The van der Waals surface area contributed by atoms with Gasteiger partial charge in [-0.2, -0.15) is 0 Å². The number of hydrogen-bond acceptors (Lipinski definition) is 2. The highest BCUT2D eigenvalue weighted by atomic mass is 16.1. The lowest BCUT2D eigenvalue weighted by Crippen LogP contribution is -2.38. The Morgan fingerprint density at radius 1 is 1.26 bits per heavy atom. The van der Waals surface area contributed by atoms with Gasteiger partial charge in [0.1, 0.15) is 0 Å². The fourth-order valence-corrected chi connectivity index (χ4v) is 2.66. The van der Waals surface area contributed by atoms with Gasteiger partial charge >= 0.3 is 0 Å². The Bertz CT molecular complexity index is 411. The Hall–Kier alpha value is -1.35. The zero-order valence-electron chi connectivity index (χ0n) is 11.7. The lowest BCUT2D eigenvalue weighted by molar-refractivity contribution is -0.120. The Labute approximate surface area is 115 Å². The molecular formula is C16H24N2O. The summed E-state index contributed by atoms with van der Waals surface area (Å²) in [6.07, 6.45) is 5.94. The molecule has 2 rings (SSSR count). The largest absolute Gasteiger partial charge is 0.355 e. The zero-order chi connectivity index (χ0) is 13.5. The van der Waals surface area contributed by atoms with E-state index in [1.165, 1.54) is 36.8 Å². The van der Waals surface area contributed by atoms with E-state index in [9.17, 15) is 4.79 Å². The number of benzene rings is 1. The molecule has 0 spiro atoms. The highest BCUT2D eigenvalue weighted by molar-refractivity contribution is 5.78. The molecule has 1 fully saturated rings. The summed E-state index contributed by atoms with van der Waals surface area (Å²) in [7, 11) is 0. The van der Waals surface area contributed by atoms with E-state index in [0.717, 1.165) is 13.0 Å². The monoisotopic (exact) mass is 260 g/mol. The summed E-state index contributed by atoms with van der Waals surface area (Å²) in [5.41, 5.74) is 2.60. The molecule has 19 heavy (non-hydrogen) atoms. The van der Waals surface area contributed by atoms with Crippen LogP contribution in [0.4, 0.5) is 0 Å². The second-order valence-electron chi connectivity index (χ2n) is 5.39. The highest BCUT2D eigenvalue weighted by Crippen LogP contribution is 2.17. The van der Waals surface area contributed by atoms with Crippen LogP contribution in [0.15, 0.2) is 24.3 Å². The molecule has 1 aliphatic carbocycles. The number of carbonyl (C=O) groups is 1. The Balaban J connectivity index is 1.62. The molecule has 0 atom stereocenters. The quantitative estimate of drug-likeness (QED) is 0.823. The number of hydrogen-bond donors (Lipinski definition) is 2. The van der Waals surface area contributed by atoms with E-state index in [0.29, 0.717) is 12.6 Å². The molecule has 0 unspecified atom stereocenters. The van der Waals surface area contributed by atoms with Crippen molar-refractivity contribution < 1.29 is 4.79 Å². The van der Waals surface area contributed by atoms with E-state index in [-0.39, 0.29) is 5.91 Å². The van der Waals surface area contributed by atoms with Crippen LogP contribution >= 0.6 is 0 Å². The van der Waals surface area contributed by atoms with Gasteiger partial charge in [0.25, 0.3) is 0 Å². The summed E-state index contributed by atoms with van der Waals surface area (Å²) >= 11 is 0. The van der Waals surface area contributed by atoms with Crippen molar-refractivity contribution in [1.82, 2.24) is 10.6 Å². The molecule has 2 N–H and O–H groups in total. The number of carbonyl (C=O) groups excluding carboxylic acids is 1. The minimum absolute atomic E-state index is 0.112. The standard InChI is InChI=1S/C16H24N2O/c1-13-6-2-3-7-14(13)10-11-17-16(19)12-18-15-8-4-5-9-15/h2-3,6-7,15,18H,4-5,8-12H2,1H3,(H,17,19). The number of aryl methyl sites for hydroxylation is 1. The maximum atomic E-state index is 11.7. The maximum Gasteiger partial charge on any atom is 0.233 e. The van der Waals surface area contributed by atoms with Crippen molar-refractivity contribution in [2.75, 3.05) is 13.1 Å². The van der Waals surface area contributed by atoms with Gasteiger partial charge in [-0.25, -0.2) is 0 Å². The van der Waals surface area contributed by atoms with Gasteiger partial charge in [-0.15, -0.1) is 0 Å². The van der Waals surface area contributed by atoms with Crippen LogP contribution in [-0.4, -0.2) is 25.0 Å². The van der Waals surface area contributed by atoms with Crippen LogP contribution in [-0.2, 0) is 11.2 Å². The molecule has 0 bridgehead atoms. The van der Waals surface area contributed by atoms with Crippen LogP contribution < -0.4 is 10.6 Å². The van der Waals surface area contributed by atoms with Gasteiger partial charge in [-0.05, 0) is 37.3 Å². The summed E-state index contributed by atoms with van der Waals surface area (Å²) in [5, 5.41) is 6.31. The summed E-state index contributed by atoms with van der Waals surface area (Å²) in [5.74, 6) is 0.112. The lowest BCUT2D eigenvalue weighted by Gasteiger charge is -2.12. The smallest absolute Gasteiger partial charge is 0.233 e. The van der Waals surface area contributed by atoms with Crippen molar-refractivity contribution in [3.63, 3.8) is 0 Å². The van der Waals surface area contributed by atoms with Gasteiger partial charge in [-0.1, -0.05) is 37.1 Å². The van der Waals surface area contributed by atoms with Gasteiger partial charge < -0.3 is 10.6 Å². The molecule has 0 aromatic heterocycles. The molecule has 3 nitrogen and oxygen atoms in total. The van der Waals surface area contributed by atoms with Crippen LogP contribution in [0.5, 0.6) is 0 Å². The normalized spacial score (nSPS) is 15.6. The van der Waals surface area contributed by atoms with Crippen molar-refractivity contribution in [3.05, 3.63) is 35.4 Å². The van der Waals surface area contributed by atoms with Crippen LogP contribution in [0.2, 0.25) is 0 Å². The molecule has 0 radical (unpaired) electrons. The third-order valence-corrected chi connectivity index (χ3v) is 3.88. The molecule has 1 aromatic carbocycles. The van der Waals surface area contributed by atoms with Gasteiger partial charge in [0.15, 0.2) is 0 Å². The third kappa shape index (κ3) is 4.67. The zero-order valence-corrected chi connectivity index (χ0v) is 11.7. The number of amides is 1. The molecule has 1 amide bonds. The molecule has 1 saturated carbocycles. The molecule has 0 heterocycles. The summed E-state index contributed by atoms with van der Waals surface area (Å²) in [6.45, 7) is 3.28. The van der Waals surface area contributed by atoms with Crippen LogP contribution in [0.3, 0.4) is 0 Å². The third-order valence-electron chi connectivity index (χ3n) is 3.88. The first-order chi connectivity index (χ1) is 9.25. The van der Waals surface area contributed by atoms with E-state index >= 15 is 0 Å². The van der Waals surface area contributed by atoms with E-state index in [4.69, 9.17) is 0 Å². The van der Waals surface area contributed by atoms with Crippen LogP contribution in [0.25, 0.3) is 0 Å². The first kappa shape index (κ1) is 14.1. The van der Waals surface area contributed by atoms with Crippen molar-refractivity contribution in [1.29, 1.82) is 0 Å². The minimum atomic E-state index is 0.112. The Kier molecular flexibility index (Phi) is 5.40. The van der Waals surface area contributed by atoms with Crippen LogP contribution in [0, 0.1) is 6.92 Å². The van der Waals surface area contributed by atoms with Crippen LogP contribution in [0.1, 0.15) is 36.8 Å². The molecule has 104 valence electrons. The van der Waals surface area contributed by atoms with Gasteiger partial charge in [0.2, 0.25) is 5.91 Å². The SMILES string of the molecule is Cc1ccccc1CCNC(=O)CNC1CCCC1.